The van der Waals surface area contributed by atoms with E-state index in [4.69, 9.17) is 27.9 Å². The molecule has 0 radical (unpaired) electrons. The first-order chi connectivity index (χ1) is 13.1. The van der Waals surface area contributed by atoms with Gasteiger partial charge in [0, 0.05) is 17.5 Å². The Balaban J connectivity index is 1.97. The van der Waals surface area contributed by atoms with Crippen molar-refractivity contribution >= 4 is 29.3 Å². The van der Waals surface area contributed by atoms with Gasteiger partial charge in [0.15, 0.2) is 0 Å². The number of nitrogens with zero attached hydrogens (tertiary/aromatic N) is 1. The van der Waals surface area contributed by atoms with Gasteiger partial charge in [-0.25, -0.2) is 4.79 Å². The third kappa shape index (κ3) is 4.01. The summed E-state index contributed by atoms with van der Waals surface area (Å²) in [5.41, 5.74) is -0.183. The molecule has 156 valence electrons. The summed E-state index contributed by atoms with van der Waals surface area (Å²) in [5.74, 6) is 0. The minimum absolute atomic E-state index is 0.0366. The molecule has 1 aromatic carbocycles. The van der Waals surface area contributed by atoms with E-state index < -0.39 is 17.1 Å². The Bertz CT molecular complexity index is 733. The number of hydrogen-bond acceptors (Lipinski definition) is 3. The first-order valence-corrected chi connectivity index (χ1v) is 11.0. The van der Waals surface area contributed by atoms with Gasteiger partial charge in [0.25, 0.3) is 0 Å². The van der Waals surface area contributed by atoms with Crippen molar-refractivity contribution in [2.75, 3.05) is 0 Å². The molecule has 0 saturated carbocycles. The van der Waals surface area contributed by atoms with Crippen molar-refractivity contribution in [3.05, 3.63) is 33.8 Å². The van der Waals surface area contributed by atoms with E-state index in [2.05, 4.69) is 6.92 Å². The van der Waals surface area contributed by atoms with Gasteiger partial charge in [0.05, 0.1) is 16.1 Å². The van der Waals surface area contributed by atoms with Gasteiger partial charge in [-0.05, 0) is 70.6 Å². The minimum atomic E-state index is -0.712. The number of fused-ring (bicyclic) bond motifs is 2. The van der Waals surface area contributed by atoms with Crippen LogP contribution >= 0.6 is 23.2 Å². The second kappa shape index (κ2) is 8.04. The predicted octanol–water partition coefficient (Wildman–Crippen LogP) is 6.38. The molecule has 1 N–H and O–H groups in total. The van der Waals surface area contributed by atoms with Gasteiger partial charge in [0.1, 0.15) is 5.60 Å². The normalized spacial score (nSPS) is 28.3. The molecule has 4 unspecified atom stereocenters. The molecule has 2 fully saturated rings. The van der Waals surface area contributed by atoms with Crippen LogP contribution in [0.2, 0.25) is 10.0 Å². The summed E-state index contributed by atoms with van der Waals surface area (Å²) in [6.45, 7) is 7.80. The fourth-order valence-electron chi connectivity index (χ4n) is 5.15. The van der Waals surface area contributed by atoms with Gasteiger partial charge in [-0.2, -0.15) is 0 Å². The van der Waals surface area contributed by atoms with E-state index >= 15 is 0 Å². The topological polar surface area (TPSA) is 49.8 Å². The summed E-state index contributed by atoms with van der Waals surface area (Å²) in [7, 11) is 0. The zero-order valence-electron chi connectivity index (χ0n) is 17.2. The van der Waals surface area contributed by atoms with Gasteiger partial charge in [-0.3, -0.25) is 0 Å². The number of benzene rings is 1. The van der Waals surface area contributed by atoms with Crippen LogP contribution < -0.4 is 0 Å². The molecular formula is C22H31Cl2NO3. The summed E-state index contributed by atoms with van der Waals surface area (Å²) in [6, 6.07) is 5.49. The van der Waals surface area contributed by atoms with Crippen molar-refractivity contribution in [2.45, 2.75) is 90.0 Å². The number of aliphatic hydroxyl groups excluding tert-OH is 1. The van der Waals surface area contributed by atoms with Crippen molar-refractivity contribution in [3.63, 3.8) is 0 Å². The highest BCUT2D eigenvalue weighted by atomic mass is 35.5. The quantitative estimate of drug-likeness (QED) is 0.606. The van der Waals surface area contributed by atoms with Crippen LogP contribution in [-0.2, 0) is 4.74 Å². The maximum Gasteiger partial charge on any atom is 0.410 e. The number of piperidine rings is 1. The van der Waals surface area contributed by atoms with Crippen LogP contribution in [0, 0.1) is 5.41 Å². The molecule has 1 amide bonds. The lowest BCUT2D eigenvalue weighted by Crippen LogP contribution is -2.56. The number of hydrogen-bond donors (Lipinski definition) is 1. The average molecular weight is 428 g/mol. The Morgan fingerprint density at radius 3 is 2.61 bits per heavy atom. The summed E-state index contributed by atoms with van der Waals surface area (Å²) in [5, 5.41) is 12.4. The summed E-state index contributed by atoms with van der Waals surface area (Å²) in [6.07, 6.45) is 4.42. The third-order valence-corrected chi connectivity index (χ3v) is 6.97. The van der Waals surface area contributed by atoms with Crippen LogP contribution in [0.3, 0.4) is 0 Å². The molecule has 0 aliphatic carbocycles. The van der Waals surface area contributed by atoms with Gasteiger partial charge < -0.3 is 14.7 Å². The number of carbonyl (C=O) groups is 1. The monoisotopic (exact) mass is 427 g/mol. The van der Waals surface area contributed by atoms with Crippen LogP contribution in [0.25, 0.3) is 0 Å². The van der Waals surface area contributed by atoms with Gasteiger partial charge in [0.2, 0.25) is 0 Å². The zero-order chi connectivity index (χ0) is 20.7. The smallest absolute Gasteiger partial charge is 0.410 e. The fraction of sp³-hybridized carbons (Fsp3) is 0.682. The molecule has 6 heteroatoms. The van der Waals surface area contributed by atoms with E-state index in [1.165, 1.54) is 0 Å². The molecular weight excluding hydrogens is 397 g/mol. The first kappa shape index (κ1) is 21.7. The molecule has 2 aliphatic heterocycles. The van der Waals surface area contributed by atoms with E-state index in [0.717, 1.165) is 44.1 Å². The van der Waals surface area contributed by atoms with Crippen molar-refractivity contribution in [2.24, 2.45) is 5.41 Å². The standard InChI is InChI=1S/C22H31Cl2NO3/c1-5-11-22(19(26)14-6-8-16(23)17(24)13-14)12-10-15-7-9-18(22)25(15)20(27)28-21(2,3)4/h6,8,13,15,18-19,26H,5,7,9-12H2,1-4H3. The molecule has 4 nitrogen and oxygen atoms in total. The molecule has 28 heavy (non-hydrogen) atoms. The maximum absolute atomic E-state index is 13.0. The van der Waals surface area contributed by atoms with Crippen LogP contribution in [0.4, 0.5) is 4.79 Å². The minimum Gasteiger partial charge on any atom is -0.444 e. The molecule has 4 atom stereocenters. The van der Waals surface area contributed by atoms with E-state index in [1.54, 1.807) is 12.1 Å². The Hall–Kier alpha value is -0.970. The number of aliphatic hydroxyl groups is 1. The van der Waals surface area contributed by atoms with Crippen molar-refractivity contribution < 1.29 is 14.6 Å². The van der Waals surface area contributed by atoms with Crippen molar-refractivity contribution in [1.29, 1.82) is 0 Å². The Morgan fingerprint density at radius 1 is 1.29 bits per heavy atom. The maximum atomic E-state index is 13.0. The lowest BCUT2D eigenvalue weighted by atomic mass is 9.65. The van der Waals surface area contributed by atoms with Crippen molar-refractivity contribution in [3.8, 4) is 0 Å². The molecule has 0 aromatic heterocycles. The number of halogens is 2. The van der Waals surface area contributed by atoms with Crippen LogP contribution in [0.1, 0.15) is 77.9 Å². The largest absolute Gasteiger partial charge is 0.444 e. The molecule has 2 bridgehead atoms. The van der Waals surface area contributed by atoms with Crippen LogP contribution in [0.5, 0.6) is 0 Å². The fourth-order valence-corrected chi connectivity index (χ4v) is 5.46. The predicted molar refractivity (Wildman–Crippen MR) is 113 cm³/mol. The number of amides is 1. The highest BCUT2D eigenvalue weighted by molar-refractivity contribution is 6.42. The zero-order valence-corrected chi connectivity index (χ0v) is 18.7. The molecule has 2 heterocycles. The van der Waals surface area contributed by atoms with E-state index in [9.17, 15) is 9.90 Å². The van der Waals surface area contributed by atoms with Crippen LogP contribution in [0.15, 0.2) is 18.2 Å². The molecule has 1 aromatic rings. The average Bonchev–Trinajstić information content (AvgIpc) is 2.95. The summed E-state index contributed by atoms with van der Waals surface area (Å²) >= 11 is 12.3. The molecule has 3 rings (SSSR count). The van der Waals surface area contributed by atoms with E-state index in [0.29, 0.717) is 10.0 Å². The van der Waals surface area contributed by atoms with Crippen molar-refractivity contribution in [1.82, 2.24) is 4.90 Å². The molecule has 2 aliphatic rings. The SMILES string of the molecule is CCCC1(C(O)c2ccc(Cl)c(Cl)c2)CCC2CCC1N2C(=O)OC(C)(C)C. The lowest BCUT2D eigenvalue weighted by molar-refractivity contribution is -0.0834. The number of carbonyl (C=O) groups excluding carboxylic acids is 1. The number of ether oxygens (including phenoxy) is 1. The third-order valence-electron chi connectivity index (χ3n) is 6.23. The molecule has 2 saturated heterocycles. The second-order valence-corrected chi connectivity index (χ2v) is 10.0. The lowest BCUT2D eigenvalue weighted by Gasteiger charge is -2.51. The Kier molecular flexibility index (Phi) is 6.24. The number of rotatable bonds is 4. The Labute approximate surface area is 178 Å². The van der Waals surface area contributed by atoms with Gasteiger partial charge in [-0.15, -0.1) is 0 Å². The van der Waals surface area contributed by atoms with E-state index in [1.807, 2.05) is 31.7 Å². The highest BCUT2D eigenvalue weighted by Crippen LogP contribution is 2.56. The van der Waals surface area contributed by atoms with Gasteiger partial charge in [-0.1, -0.05) is 42.6 Å². The second-order valence-electron chi connectivity index (χ2n) is 9.23. The molecule has 0 spiro atoms. The van der Waals surface area contributed by atoms with Crippen LogP contribution in [-0.4, -0.2) is 33.8 Å². The highest BCUT2D eigenvalue weighted by Gasteiger charge is 2.56. The Morgan fingerprint density at radius 2 is 2.00 bits per heavy atom. The summed E-state index contributed by atoms with van der Waals surface area (Å²) in [4.78, 5) is 14.9. The van der Waals surface area contributed by atoms with Gasteiger partial charge >= 0.3 is 6.09 Å². The first-order valence-electron chi connectivity index (χ1n) is 10.2. The van der Waals surface area contributed by atoms with E-state index in [-0.39, 0.29) is 18.2 Å². The summed E-state index contributed by atoms with van der Waals surface area (Å²) < 4.78 is 5.72.